The van der Waals surface area contributed by atoms with Crippen molar-refractivity contribution in [2.45, 2.75) is 76.7 Å². The van der Waals surface area contributed by atoms with Gasteiger partial charge in [0, 0.05) is 22.7 Å². The highest BCUT2D eigenvalue weighted by atomic mass is 32.2. The van der Waals surface area contributed by atoms with Crippen molar-refractivity contribution in [3.63, 3.8) is 0 Å². The van der Waals surface area contributed by atoms with Crippen LogP contribution in [0.2, 0.25) is 0 Å². The number of carbonyl (C=O) groups excluding carboxylic acids is 1. The lowest BCUT2D eigenvalue weighted by Crippen LogP contribution is -2.26. The first-order valence-electron chi connectivity index (χ1n) is 13.7. The van der Waals surface area contributed by atoms with Crippen LogP contribution in [-0.2, 0) is 30.5 Å². The summed E-state index contributed by atoms with van der Waals surface area (Å²) in [6.45, 7) is 6.83. The van der Waals surface area contributed by atoms with E-state index >= 15 is 0 Å². The first kappa shape index (κ1) is 27.4. The molecule has 0 fully saturated rings. The molecule has 2 aliphatic rings. The van der Waals surface area contributed by atoms with E-state index in [1.165, 1.54) is 22.2 Å². The van der Waals surface area contributed by atoms with Gasteiger partial charge in [0.25, 0.3) is 0 Å². The maximum Gasteiger partial charge on any atom is 0.225 e. The molecule has 0 saturated heterocycles. The molecule has 2 aliphatic carbocycles. The van der Waals surface area contributed by atoms with Crippen LogP contribution in [-0.4, -0.2) is 16.6 Å². The van der Waals surface area contributed by atoms with Gasteiger partial charge in [0.15, 0.2) is 0 Å². The summed E-state index contributed by atoms with van der Waals surface area (Å²) in [6, 6.07) is 17.2. The van der Waals surface area contributed by atoms with E-state index in [4.69, 9.17) is 4.98 Å². The first-order chi connectivity index (χ1) is 18.8. The molecule has 2 heterocycles. The summed E-state index contributed by atoms with van der Waals surface area (Å²) in [5.74, 6) is 1.46. The molecule has 3 aromatic rings. The molecule has 5 rings (SSSR count). The fourth-order valence-corrected chi connectivity index (χ4v) is 8.02. The Morgan fingerprint density at radius 2 is 1.92 bits per heavy atom. The number of aryl methyl sites for hydroxylation is 1. The van der Waals surface area contributed by atoms with Gasteiger partial charge >= 0.3 is 0 Å². The normalized spacial score (nSPS) is 18.4. The van der Waals surface area contributed by atoms with Crippen molar-refractivity contribution >= 4 is 34.0 Å². The Balaban J connectivity index is 1.21. The van der Waals surface area contributed by atoms with Crippen LogP contribution in [0.5, 0.6) is 0 Å². The van der Waals surface area contributed by atoms with Crippen molar-refractivity contribution in [2.24, 2.45) is 11.3 Å². The SMILES string of the molecule is CC(C)(C)C1CCc2c(sc(NC(=O)CCSc3nc4c(cc3C#N)CC(c3ccccc3)CC4)c2C#N)C1. The number of nitrogens with one attached hydrogen (secondary N) is 1. The quantitative estimate of drug-likeness (QED) is 0.320. The van der Waals surface area contributed by atoms with Crippen molar-refractivity contribution in [1.29, 1.82) is 10.5 Å². The monoisotopic (exact) mass is 554 g/mol. The van der Waals surface area contributed by atoms with Crippen LogP contribution in [0.3, 0.4) is 0 Å². The lowest BCUT2D eigenvalue weighted by atomic mass is 9.72. The minimum absolute atomic E-state index is 0.105. The summed E-state index contributed by atoms with van der Waals surface area (Å²) >= 11 is 3.03. The Labute approximate surface area is 239 Å². The Kier molecular flexibility index (Phi) is 8.12. The molecule has 5 nitrogen and oxygen atoms in total. The van der Waals surface area contributed by atoms with Crippen LogP contribution in [0.25, 0.3) is 0 Å². The standard InChI is InChI=1S/C32H34N4OS2/c1-32(2,3)24-10-11-25-26(19-34)31(39-28(25)17-24)36-29(37)13-14-38-30-23(18-33)16-22-15-21(9-12-27(22)35-30)20-7-5-4-6-8-20/h4-8,16,21,24H,9-15,17H2,1-3H3,(H,36,37). The summed E-state index contributed by atoms with van der Waals surface area (Å²) in [5, 5.41) is 24.0. The van der Waals surface area contributed by atoms with Crippen LogP contribution in [0, 0.1) is 34.0 Å². The molecule has 0 saturated carbocycles. The number of nitrogens with zero attached hydrogens (tertiary/aromatic N) is 3. The fraction of sp³-hybridized carbons (Fsp3) is 0.438. The van der Waals surface area contributed by atoms with Crippen LogP contribution >= 0.6 is 23.1 Å². The highest BCUT2D eigenvalue weighted by molar-refractivity contribution is 7.99. The number of anilines is 1. The number of carbonyl (C=O) groups is 1. The summed E-state index contributed by atoms with van der Waals surface area (Å²) < 4.78 is 0. The van der Waals surface area contributed by atoms with Gasteiger partial charge in [-0.25, -0.2) is 4.98 Å². The summed E-state index contributed by atoms with van der Waals surface area (Å²) in [7, 11) is 0. The maximum atomic E-state index is 12.9. The van der Waals surface area contributed by atoms with Crippen molar-refractivity contribution < 1.29 is 4.79 Å². The highest BCUT2D eigenvalue weighted by Crippen LogP contribution is 2.44. The molecule has 200 valence electrons. The average Bonchev–Trinajstić information content (AvgIpc) is 3.28. The summed E-state index contributed by atoms with van der Waals surface area (Å²) in [4.78, 5) is 19.0. The van der Waals surface area contributed by atoms with Gasteiger partial charge in [-0.3, -0.25) is 4.79 Å². The first-order valence-corrected chi connectivity index (χ1v) is 15.5. The molecule has 1 aromatic carbocycles. The molecule has 0 bridgehead atoms. The van der Waals surface area contributed by atoms with Crippen molar-refractivity contribution in [3.8, 4) is 12.1 Å². The molecule has 1 N–H and O–H groups in total. The zero-order chi connectivity index (χ0) is 27.6. The molecule has 2 unspecified atom stereocenters. The van der Waals surface area contributed by atoms with Gasteiger partial charge in [0.05, 0.1) is 11.1 Å². The number of pyridine rings is 1. The lowest BCUT2D eigenvalue weighted by molar-refractivity contribution is -0.115. The van der Waals surface area contributed by atoms with Gasteiger partial charge in [-0.1, -0.05) is 51.1 Å². The molecule has 0 aliphatic heterocycles. The number of aromatic nitrogens is 1. The van der Waals surface area contributed by atoms with E-state index in [1.807, 2.05) is 12.1 Å². The summed E-state index contributed by atoms with van der Waals surface area (Å²) in [6.07, 6.45) is 6.08. The second-order valence-electron chi connectivity index (χ2n) is 11.7. The predicted molar refractivity (Wildman–Crippen MR) is 158 cm³/mol. The van der Waals surface area contributed by atoms with Crippen LogP contribution in [0.1, 0.15) is 84.3 Å². The van der Waals surface area contributed by atoms with Gasteiger partial charge in [-0.05, 0) is 78.5 Å². The van der Waals surface area contributed by atoms with Crippen LogP contribution in [0.4, 0.5) is 5.00 Å². The van der Waals surface area contributed by atoms with Crippen LogP contribution in [0.15, 0.2) is 41.4 Å². The second kappa shape index (κ2) is 11.5. The predicted octanol–water partition coefficient (Wildman–Crippen LogP) is 7.43. The number of nitriles is 2. The number of amides is 1. The minimum atomic E-state index is -0.105. The number of benzene rings is 1. The molecule has 1 amide bonds. The molecule has 2 atom stereocenters. The smallest absolute Gasteiger partial charge is 0.225 e. The molecule has 2 aromatic heterocycles. The maximum absolute atomic E-state index is 12.9. The molecule has 0 radical (unpaired) electrons. The van der Waals surface area contributed by atoms with Crippen molar-refractivity contribution in [3.05, 3.63) is 74.8 Å². The second-order valence-corrected chi connectivity index (χ2v) is 13.9. The van der Waals surface area contributed by atoms with Gasteiger partial charge in [-0.2, -0.15) is 10.5 Å². The van der Waals surface area contributed by atoms with E-state index < -0.39 is 0 Å². The average molecular weight is 555 g/mol. The third-order valence-corrected chi connectivity index (χ3v) is 10.3. The van der Waals surface area contributed by atoms with Gasteiger partial charge in [0.1, 0.15) is 22.2 Å². The fourth-order valence-electron chi connectivity index (χ4n) is 5.81. The van der Waals surface area contributed by atoms with Gasteiger partial charge < -0.3 is 5.32 Å². The van der Waals surface area contributed by atoms with E-state index in [-0.39, 0.29) is 11.3 Å². The molecule has 39 heavy (non-hydrogen) atoms. The molecular formula is C32H34N4OS2. The summed E-state index contributed by atoms with van der Waals surface area (Å²) in [5.41, 5.74) is 6.15. The van der Waals surface area contributed by atoms with E-state index in [0.717, 1.165) is 55.3 Å². The Morgan fingerprint density at radius 3 is 2.64 bits per heavy atom. The zero-order valence-electron chi connectivity index (χ0n) is 22.8. The number of thioether (sulfide) groups is 1. The molecular weight excluding hydrogens is 521 g/mol. The lowest BCUT2D eigenvalue weighted by Gasteiger charge is -2.33. The van der Waals surface area contributed by atoms with E-state index in [2.05, 4.69) is 62.5 Å². The minimum Gasteiger partial charge on any atom is -0.317 e. The zero-order valence-corrected chi connectivity index (χ0v) is 24.5. The Bertz CT molecular complexity index is 1460. The number of rotatable bonds is 6. The largest absolute Gasteiger partial charge is 0.317 e. The Hall–Kier alpha value is -3.13. The van der Waals surface area contributed by atoms with Gasteiger partial charge in [0.2, 0.25) is 5.91 Å². The third-order valence-electron chi connectivity index (χ3n) is 8.17. The number of hydrogen-bond donors (Lipinski definition) is 1. The number of fused-ring (bicyclic) bond motifs is 2. The van der Waals surface area contributed by atoms with E-state index in [1.54, 1.807) is 11.3 Å². The van der Waals surface area contributed by atoms with E-state index in [9.17, 15) is 15.3 Å². The Morgan fingerprint density at radius 1 is 1.13 bits per heavy atom. The molecule has 0 spiro atoms. The third kappa shape index (κ3) is 6.06. The highest BCUT2D eigenvalue weighted by Gasteiger charge is 2.32. The van der Waals surface area contributed by atoms with Crippen molar-refractivity contribution in [1.82, 2.24) is 4.98 Å². The van der Waals surface area contributed by atoms with E-state index in [0.29, 0.717) is 45.2 Å². The van der Waals surface area contributed by atoms with Crippen LogP contribution < -0.4 is 5.32 Å². The number of hydrogen-bond acceptors (Lipinski definition) is 6. The number of thiophene rings is 1. The topological polar surface area (TPSA) is 89.6 Å². The van der Waals surface area contributed by atoms with Crippen molar-refractivity contribution in [2.75, 3.05) is 11.1 Å². The molecule has 7 heteroatoms. The van der Waals surface area contributed by atoms with Gasteiger partial charge in [-0.15, -0.1) is 23.1 Å².